The van der Waals surface area contributed by atoms with Crippen LogP contribution in [0.2, 0.25) is 0 Å². The highest BCUT2D eigenvalue weighted by atomic mass is 32.2. The van der Waals surface area contributed by atoms with E-state index in [0.717, 1.165) is 4.90 Å². The summed E-state index contributed by atoms with van der Waals surface area (Å²) in [5, 5.41) is 5.41. The Morgan fingerprint density at radius 2 is 2.00 bits per heavy atom. The van der Waals surface area contributed by atoms with Crippen molar-refractivity contribution >= 4 is 23.8 Å². The molecule has 1 heterocycles. The predicted octanol–water partition coefficient (Wildman–Crippen LogP) is 2.83. The van der Waals surface area contributed by atoms with Gasteiger partial charge in [0.05, 0.1) is 18.2 Å². The van der Waals surface area contributed by atoms with E-state index in [1.54, 1.807) is 19.1 Å². The quantitative estimate of drug-likeness (QED) is 0.618. The lowest BCUT2D eigenvalue weighted by Gasteiger charge is -2.28. The highest BCUT2D eigenvalue weighted by Gasteiger charge is 2.31. The zero-order valence-corrected chi connectivity index (χ0v) is 13.8. The van der Waals surface area contributed by atoms with Crippen LogP contribution >= 0.6 is 11.8 Å². The molecule has 1 aromatic rings. The fraction of sp³-hybridized carbons (Fsp3) is 0.375. The molecule has 0 saturated carbocycles. The van der Waals surface area contributed by atoms with Crippen LogP contribution in [0.5, 0.6) is 0 Å². The van der Waals surface area contributed by atoms with Crippen LogP contribution in [-0.4, -0.2) is 30.4 Å². The average molecular weight is 338 g/mol. The number of thioether (sulfide) groups is 1. The van der Waals surface area contributed by atoms with E-state index >= 15 is 0 Å². The maximum atomic E-state index is 12.9. The molecule has 5 nitrogen and oxygen atoms in total. The van der Waals surface area contributed by atoms with Crippen LogP contribution in [0.1, 0.15) is 20.3 Å². The molecule has 1 aromatic carbocycles. The summed E-state index contributed by atoms with van der Waals surface area (Å²) in [6.45, 7) is 3.90. The SMILES string of the molecule is CCOC(=O)C1=C(CSc2ccc(F)cc2)NC(=O)N[C@H]1CC. The molecule has 2 N–H and O–H groups in total. The molecule has 1 atom stereocenters. The third-order valence-corrected chi connectivity index (χ3v) is 4.38. The van der Waals surface area contributed by atoms with Gasteiger partial charge < -0.3 is 15.4 Å². The van der Waals surface area contributed by atoms with Gasteiger partial charge in [-0.15, -0.1) is 11.8 Å². The molecule has 2 rings (SSSR count). The minimum atomic E-state index is -0.429. The first-order valence-electron chi connectivity index (χ1n) is 7.41. The summed E-state index contributed by atoms with van der Waals surface area (Å²) in [7, 11) is 0. The van der Waals surface area contributed by atoms with Crippen molar-refractivity contribution < 1.29 is 18.7 Å². The maximum Gasteiger partial charge on any atom is 0.337 e. The second kappa shape index (κ2) is 8.01. The van der Waals surface area contributed by atoms with Gasteiger partial charge in [0.25, 0.3) is 0 Å². The number of urea groups is 1. The van der Waals surface area contributed by atoms with Crippen LogP contribution in [0.25, 0.3) is 0 Å². The summed E-state index contributed by atoms with van der Waals surface area (Å²) < 4.78 is 18.0. The Bertz CT molecular complexity index is 616. The van der Waals surface area contributed by atoms with Crippen LogP contribution < -0.4 is 10.6 Å². The molecule has 0 aromatic heterocycles. The van der Waals surface area contributed by atoms with Crippen molar-refractivity contribution in [2.45, 2.75) is 31.2 Å². The zero-order valence-electron chi connectivity index (χ0n) is 13.0. The topological polar surface area (TPSA) is 67.4 Å². The van der Waals surface area contributed by atoms with Gasteiger partial charge in [-0.3, -0.25) is 0 Å². The van der Waals surface area contributed by atoms with E-state index < -0.39 is 5.97 Å². The first-order valence-corrected chi connectivity index (χ1v) is 8.39. The number of amides is 2. The highest BCUT2D eigenvalue weighted by molar-refractivity contribution is 7.99. The lowest BCUT2D eigenvalue weighted by atomic mass is 10.0. The number of carbonyl (C=O) groups is 2. The summed E-state index contributed by atoms with van der Waals surface area (Å²) in [6.07, 6.45) is 0.590. The molecule has 23 heavy (non-hydrogen) atoms. The Labute approximate surface area is 138 Å². The number of carbonyl (C=O) groups excluding carboxylic acids is 2. The maximum absolute atomic E-state index is 12.9. The Morgan fingerprint density at radius 1 is 1.30 bits per heavy atom. The number of hydrogen-bond donors (Lipinski definition) is 2. The number of nitrogens with one attached hydrogen (secondary N) is 2. The van der Waals surface area contributed by atoms with Gasteiger partial charge in [0.2, 0.25) is 0 Å². The van der Waals surface area contributed by atoms with Crippen molar-refractivity contribution in [3.8, 4) is 0 Å². The molecule has 124 valence electrons. The third kappa shape index (κ3) is 4.48. The first-order chi connectivity index (χ1) is 11.0. The first kappa shape index (κ1) is 17.3. The van der Waals surface area contributed by atoms with Crippen molar-refractivity contribution in [2.75, 3.05) is 12.4 Å². The van der Waals surface area contributed by atoms with E-state index in [4.69, 9.17) is 4.74 Å². The van der Waals surface area contributed by atoms with E-state index in [1.807, 2.05) is 6.92 Å². The second-order valence-electron chi connectivity index (χ2n) is 4.91. The zero-order chi connectivity index (χ0) is 16.8. The molecular formula is C16H19FN2O3S. The van der Waals surface area contributed by atoms with Crippen molar-refractivity contribution in [1.82, 2.24) is 10.6 Å². The minimum absolute atomic E-state index is 0.269. The monoisotopic (exact) mass is 338 g/mol. The molecule has 0 fully saturated rings. The Balaban J connectivity index is 2.22. The van der Waals surface area contributed by atoms with Crippen molar-refractivity contribution in [1.29, 1.82) is 0 Å². The molecule has 0 spiro atoms. The molecule has 2 amide bonds. The fourth-order valence-corrected chi connectivity index (χ4v) is 3.13. The number of halogens is 1. The van der Waals surface area contributed by atoms with Gasteiger partial charge in [0.1, 0.15) is 5.82 Å². The largest absolute Gasteiger partial charge is 0.463 e. The number of hydrogen-bond acceptors (Lipinski definition) is 4. The van der Waals surface area contributed by atoms with Gasteiger partial charge >= 0.3 is 12.0 Å². The van der Waals surface area contributed by atoms with E-state index in [2.05, 4.69) is 10.6 Å². The predicted molar refractivity (Wildman–Crippen MR) is 86.5 cm³/mol. The van der Waals surface area contributed by atoms with Gasteiger partial charge in [-0.1, -0.05) is 6.92 Å². The van der Waals surface area contributed by atoms with E-state index in [1.165, 1.54) is 23.9 Å². The van der Waals surface area contributed by atoms with Crippen LogP contribution in [-0.2, 0) is 9.53 Å². The molecule has 0 bridgehead atoms. The van der Waals surface area contributed by atoms with Gasteiger partial charge in [0.15, 0.2) is 0 Å². The molecule has 1 aliphatic heterocycles. The van der Waals surface area contributed by atoms with Crippen LogP contribution in [0.15, 0.2) is 40.4 Å². The van der Waals surface area contributed by atoms with Crippen LogP contribution in [0.3, 0.4) is 0 Å². The third-order valence-electron chi connectivity index (χ3n) is 3.34. The average Bonchev–Trinajstić information content (AvgIpc) is 2.53. The van der Waals surface area contributed by atoms with Gasteiger partial charge in [-0.25, -0.2) is 14.0 Å². The lowest BCUT2D eigenvalue weighted by Crippen LogP contribution is -2.50. The van der Waals surface area contributed by atoms with Gasteiger partial charge in [0, 0.05) is 16.3 Å². The molecule has 0 radical (unpaired) electrons. The van der Waals surface area contributed by atoms with Crippen molar-refractivity contribution in [3.05, 3.63) is 41.4 Å². The Kier molecular flexibility index (Phi) is 6.04. The smallest absolute Gasteiger partial charge is 0.337 e. The fourth-order valence-electron chi connectivity index (χ4n) is 2.26. The number of ether oxygens (including phenoxy) is 1. The summed E-state index contributed by atoms with van der Waals surface area (Å²) in [6, 6.07) is 5.36. The normalized spacial score (nSPS) is 17.5. The van der Waals surface area contributed by atoms with E-state index in [0.29, 0.717) is 23.4 Å². The molecule has 0 aliphatic carbocycles. The second-order valence-corrected chi connectivity index (χ2v) is 5.96. The van der Waals surface area contributed by atoms with E-state index in [9.17, 15) is 14.0 Å². The van der Waals surface area contributed by atoms with Gasteiger partial charge in [-0.2, -0.15) is 0 Å². The summed E-state index contributed by atoms with van der Waals surface area (Å²) in [4.78, 5) is 24.8. The lowest BCUT2D eigenvalue weighted by molar-refractivity contribution is -0.139. The Morgan fingerprint density at radius 3 is 2.61 bits per heavy atom. The molecule has 0 unspecified atom stereocenters. The summed E-state index contributed by atoms with van der Waals surface area (Å²) >= 11 is 1.41. The molecule has 0 saturated heterocycles. The van der Waals surface area contributed by atoms with Crippen LogP contribution in [0.4, 0.5) is 9.18 Å². The Hall–Kier alpha value is -2.02. The molecule has 7 heteroatoms. The number of rotatable bonds is 6. The molecule has 1 aliphatic rings. The minimum Gasteiger partial charge on any atom is -0.463 e. The van der Waals surface area contributed by atoms with E-state index in [-0.39, 0.29) is 24.5 Å². The van der Waals surface area contributed by atoms with Crippen LogP contribution in [0, 0.1) is 5.82 Å². The summed E-state index contributed by atoms with van der Waals surface area (Å²) in [5.41, 5.74) is 0.983. The summed E-state index contributed by atoms with van der Waals surface area (Å²) in [5.74, 6) is -0.340. The van der Waals surface area contributed by atoms with Crippen molar-refractivity contribution in [2.24, 2.45) is 0 Å². The molecular weight excluding hydrogens is 319 g/mol. The van der Waals surface area contributed by atoms with Crippen molar-refractivity contribution in [3.63, 3.8) is 0 Å². The number of benzene rings is 1. The standard InChI is InChI=1S/C16H19FN2O3S/c1-3-12-14(15(20)22-4-2)13(19-16(21)18-12)9-23-11-7-5-10(17)6-8-11/h5-8,12H,3-4,9H2,1-2H3,(H2,18,19,21)/t12-/m0/s1. The number of esters is 1. The van der Waals surface area contributed by atoms with Gasteiger partial charge in [-0.05, 0) is 37.6 Å². The highest BCUT2D eigenvalue weighted by Crippen LogP contribution is 2.24.